The Morgan fingerprint density at radius 2 is 1.70 bits per heavy atom. The van der Waals surface area contributed by atoms with E-state index in [2.05, 4.69) is 11.9 Å². The minimum absolute atomic E-state index is 0.0382. The van der Waals surface area contributed by atoms with Crippen molar-refractivity contribution in [1.29, 1.82) is 0 Å². The number of benzene rings is 2. The normalized spacial score (nSPS) is 14.9. The summed E-state index contributed by atoms with van der Waals surface area (Å²) in [5.41, 5.74) is 3.66. The van der Waals surface area contributed by atoms with Crippen molar-refractivity contribution in [2.75, 3.05) is 40.3 Å². The van der Waals surface area contributed by atoms with Crippen molar-refractivity contribution in [3.05, 3.63) is 72.4 Å². The van der Waals surface area contributed by atoms with E-state index in [1.54, 1.807) is 13.2 Å². The Morgan fingerprint density at radius 1 is 1.00 bits per heavy atom. The van der Waals surface area contributed by atoms with Crippen LogP contribution in [0.15, 0.2) is 66.9 Å². The van der Waals surface area contributed by atoms with E-state index in [1.165, 1.54) is 0 Å². The van der Waals surface area contributed by atoms with Crippen LogP contribution in [0.4, 0.5) is 0 Å². The van der Waals surface area contributed by atoms with E-state index in [9.17, 15) is 4.79 Å². The summed E-state index contributed by atoms with van der Waals surface area (Å²) < 4.78 is 7.12. The fraction of sp³-hybridized carbons (Fsp3) is 0.250. The fourth-order valence-corrected chi connectivity index (χ4v) is 3.49. The number of nitrogens with zero attached hydrogens (tertiary/aromatic N) is 4. The number of hydrogen-bond acceptors (Lipinski definition) is 4. The van der Waals surface area contributed by atoms with Crippen LogP contribution in [-0.2, 0) is 4.79 Å². The highest BCUT2D eigenvalue weighted by Gasteiger charge is 2.17. The SMILES string of the molecule is COc1ccc(-c2nn(-c3ccccc3)cc2/C=C/C(=O)N2CCN(C)CC2)cc1. The lowest BCUT2D eigenvalue weighted by molar-refractivity contribution is -0.127. The quantitative estimate of drug-likeness (QED) is 0.615. The van der Waals surface area contributed by atoms with Gasteiger partial charge in [-0.2, -0.15) is 5.10 Å². The van der Waals surface area contributed by atoms with Gasteiger partial charge in [-0.3, -0.25) is 4.79 Å². The van der Waals surface area contributed by atoms with Crippen LogP contribution in [0.1, 0.15) is 5.56 Å². The maximum atomic E-state index is 12.7. The van der Waals surface area contributed by atoms with E-state index in [-0.39, 0.29) is 5.91 Å². The minimum atomic E-state index is 0.0382. The molecular weight excluding hydrogens is 376 g/mol. The summed E-state index contributed by atoms with van der Waals surface area (Å²) in [6, 6.07) is 17.8. The van der Waals surface area contributed by atoms with E-state index < -0.39 is 0 Å². The van der Waals surface area contributed by atoms with E-state index in [4.69, 9.17) is 9.84 Å². The molecule has 1 saturated heterocycles. The average Bonchev–Trinajstić information content (AvgIpc) is 3.23. The first-order valence-corrected chi connectivity index (χ1v) is 10.1. The van der Waals surface area contributed by atoms with E-state index >= 15 is 0 Å². The number of rotatable bonds is 5. The summed E-state index contributed by atoms with van der Waals surface area (Å²) in [5, 5.41) is 4.80. The number of methoxy groups -OCH3 is 1. The molecule has 0 N–H and O–H groups in total. The first kappa shape index (κ1) is 19.9. The third-order valence-electron chi connectivity index (χ3n) is 5.35. The maximum Gasteiger partial charge on any atom is 0.246 e. The van der Waals surface area contributed by atoms with Gasteiger partial charge < -0.3 is 14.5 Å². The number of piperazine rings is 1. The summed E-state index contributed by atoms with van der Waals surface area (Å²) in [5.74, 6) is 0.833. The number of hydrogen-bond donors (Lipinski definition) is 0. The van der Waals surface area contributed by atoms with Gasteiger partial charge in [-0.05, 0) is 49.5 Å². The molecule has 30 heavy (non-hydrogen) atoms. The van der Waals surface area contributed by atoms with Crippen molar-refractivity contribution in [3.8, 4) is 22.7 Å². The first-order chi connectivity index (χ1) is 14.6. The molecule has 0 bridgehead atoms. The number of carbonyl (C=O) groups excluding carboxylic acids is 1. The maximum absolute atomic E-state index is 12.7. The monoisotopic (exact) mass is 402 g/mol. The zero-order valence-corrected chi connectivity index (χ0v) is 17.4. The van der Waals surface area contributed by atoms with Gasteiger partial charge in [0.2, 0.25) is 5.91 Å². The number of amides is 1. The molecule has 1 aromatic heterocycles. The Balaban J connectivity index is 1.64. The number of carbonyl (C=O) groups is 1. The molecule has 1 aliphatic rings. The predicted molar refractivity (Wildman–Crippen MR) is 119 cm³/mol. The largest absolute Gasteiger partial charge is 0.497 e. The first-order valence-electron chi connectivity index (χ1n) is 10.1. The Bertz CT molecular complexity index is 1020. The Morgan fingerprint density at radius 3 is 2.37 bits per heavy atom. The minimum Gasteiger partial charge on any atom is -0.497 e. The highest BCUT2D eigenvalue weighted by atomic mass is 16.5. The fourth-order valence-electron chi connectivity index (χ4n) is 3.49. The molecule has 0 saturated carbocycles. The van der Waals surface area contributed by atoms with Crippen LogP contribution >= 0.6 is 0 Å². The molecule has 2 aromatic carbocycles. The molecular formula is C24H26N4O2. The Kier molecular flexibility index (Phi) is 5.95. The summed E-state index contributed by atoms with van der Waals surface area (Å²) in [4.78, 5) is 16.8. The zero-order valence-electron chi connectivity index (χ0n) is 17.4. The number of aromatic nitrogens is 2. The predicted octanol–water partition coefficient (Wildman–Crippen LogP) is 3.34. The van der Waals surface area contributed by atoms with Gasteiger partial charge in [-0.1, -0.05) is 18.2 Å². The summed E-state index contributed by atoms with van der Waals surface area (Å²) in [6.07, 6.45) is 5.49. The van der Waals surface area contributed by atoms with Crippen LogP contribution in [0.5, 0.6) is 5.75 Å². The molecule has 0 unspecified atom stereocenters. The Labute approximate surface area is 177 Å². The molecule has 6 heteroatoms. The molecule has 1 amide bonds. The lowest BCUT2D eigenvalue weighted by atomic mass is 10.1. The molecule has 154 valence electrons. The summed E-state index contributed by atoms with van der Waals surface area (Å²) in [6.45, 7) is 3.33. The zero-order chi connectivity index (χ0) is 20.9. The molecule has 0 atom stereocenters. The topological polar surface area (TPSA) is 50.6 Å². The van der Waals surface area contributed by atoms with Gasteiger partial charge in [0.15, 0.2) is 0 Å². The lowest BCUT2D eigenvalue weighted by Gasteiger charge is -2.31. The van der Waals surface area contributed by atoms with Gasteiger partial charge in [0.05, 0.1) is 18.5 Å². The van der Waals surface area contributed by atoms with Crippen LogP contribution in [0.2, 0.25) is 0 Å². The van der Waals surface area contributed by atoms with Crippen molar-refractivity contribution in [3.63, 3.8) is 0 Å². The van der Waals surface area contributed by atoms with Crippen molar-refractivity contribution < 1.29 is 9.53 Å². The number of para-hydroxylation sites is 1. The molecule has 0 radical (unpaired) electrons. The van der Waals surface area contributed by atoms with Crippen molar-refractivity contribution in [2.24, 2.45) is 0 Å². The standard InChI is InChI=1S/C24H26N4O2/c1-26-14-16-27(17-15-26)23(29)13-10-20-18-28(21-6-4-3-5-7-21)25-24(20)19-8-11-22(30-2)12-9-19/h3-13,18H,14-17H2,1-2H3/b13-10+. The van der Waals surface area contributed by atoms with Gasteiger partial charge in [-0.15, -0.1) is 0 Å². The lowest BCUT2D eigenvalue weighted by Crippen LogP contribution is -2.46. The molecule has 0 aliphatic carbocycles. The number of likely N-dealkylation sites (N-methyl/N-ethyl adjacent to an activating group) is 1. The van der Waals surface area contributed by atoms with Gasteiger partial charge in [-0.25, -0.2) is 4.68 Å². The second-order valence-electron chi connectivity index (χ2n) is 7.40. The van der Waals surface area contributed by atoms with Gasteiger partial charge in [0, 0.05) is 49.6 Å². The molecule has 3 aromatic rings. The van der Waals surface area contributed by atoms with Crippen LogP contribution in [-0.4, -0.2) is 65.8 Å². The second-order valence-corrected chi connectivity index (χ2v) is 7.40. The summed E-state index contributed by atoms with van der Waals surface area (Å²) >= 11 is 0. The van der Waals surface area contributed by atoms with Gasteiger partial charge >= 0.3 is 0 Å². The van der Waals surface area contributed by atoms with E-state index in [1.807, 2.05) is 76.5 Å². The Hall–Kier alpha value is -3.38. The van der Waals surface area contributed by atoms with Crippen LogP contribution < -0.4 is 4.74 Å². The molecule has 1 aliphatic heterocycles. The third kappa shape index (κ3) is 4.44. The van der Waals surface area contributed by atoms with Crippen molar-refractivity contribution >= 4 is 12.0 Å². The summed E-state index contributed by atoms with van der Waals surface area (Å²) in [7, 11) is 3.73. The van der Waals surface area contributed by atoms with E-state index in [0.717, 1.165) is 54.4 Å². The molecule has 1 fully saturated rings. The van der Waals surface area contributed by atoms with Gasteiger partial charge in [0.25, 0.3) is 0 Å². The smallest absolute Gasteiger partial charge is 0.246 e. The highest BCUT2D eigenvalue weighted by molar-refractivity contribution is 5.93. The van der Waals surface area contributed by atoms with Crippen LogP contribution in [0.3, 0.4) is 0 Å². The van der Waals surface area contributed by atoms with Crippen molar-refractivity contribution in [1.82, 2.24) is 19.6 Å². The molecule has 4 rings (SSSR count). The molecule has 6 nitrogen and oxygen atoms in total. The average molecular weight is 402 g/mol. The molecule has 2 heterocycles. The highest BCUT2D eigenvalue weighted by Crippen LogP contribution is 2.26. The van der Waals surface area contributed by atoms with Crippen molar-refractivity contribution in [2.45, 2.75) is 0 Å². The van der Waals surface area contributed by atoms with E-state index in [0.29, 0.717) is 0 Å². The second kappa shape index (κ2) is 8.97. The third-order valence-corrected chi connectivity index (χ3v) is 5.35. The van der Waals surface area contributed by atoms with Gasteiger partial charge in [0.1, 0.15) is 5.75 Å². The van der Waals surface area contributed by atoms with Crippen LogP contribution in [0, 0.1) is 0 Å². The number of ether oxygens (including phenoxy) is 1. The van der Waals surface area contributed by atoms with Crippen LogP contribution in [0.25, 0.3) is 23.0 Å². The molecule has 0 spiro atoms.